The number of methoxy groups -OCH3 is 1. The number of aromatic nitrogens is 2. The zero-order valence-electron chi connectivity index (χ0n) is 14.2. The molecular weight excluding hydrogens is 288 g/mol. The lowest BCUT2D eigenvalue weighted by molar-refractivity contribution is 0.198. The predicted octanol–water partition coefficient (Wildman–Crippen LogP) is 3.66. The van der Waals surface area contributed by atoms with Crippen molar-refractivity contribution in [3.63, 3.8) is 0 Å². The molecule has 5 nitrogen and oxygen atoms in total. The van der Waals surface area contributed by atoms with Gasteiger partial charge in [0, 0.05) is 38.4 Å². The Kier molecular flexibility index (Phi) is 6.81. The van der Waals surface area contributed by atoms with Crippen molar-refractivity contribution in [3.8, 4) is 11.3 Å². The highest BCUT2D eigenvalue weighted by Crippen LogP contribution is 2.21. The first kappa shape index (κ1) is 17.2. The Morgan fingerprint density at radius 2 is 1.87 bits per heavy atom. The summed E-state index contributed by atoms with van der Waals surface area (Å²) < 4.78 is 5.08. The van der Waals surface area contributed by atoms with Crippen LogP contribution in [0, 0.1) is 5.92 Å². The summed E-state index contributed by atoms with van der Waals surface area (Å²) in [5, 5.41) is 6.66. The summed E-state index contributed by atoms with van der Waals surface area (Å²) >= 11 is 0. The first-order valence-electron chi connectivity index (χ1n) is 8.10. The highest BCUT2D eigenvalue weighted by molar-refractivity contribution is 5.64. The van der Waals surface area contributed by atoms with Gasteiger partial charge in [0.25, 0.3) is 0 Å². The average Bonchev–Trinajstić information content (AvgIpc) is 2.57. The number of nitrogens with zero attached hydrogens (tertiary/aromatic N) is 2. The van der Waals surface area contributed by atoms with Crippen LogP contribution in [-0.2, 0) is 4.74 Å². The number of ether oxygens (including phenoxy) is 1. The number of benzene rings is 1. The standard InChI is InChI=1S/C18H26N4O/c1-14(2)13-20-18-21-16(15-8-5-4-6-9-15)12-17(22-18)19-10-7-11-23-3/h4-6,8-9,12,14H,7,10-11,13H2,1-3H3,(H2,19,20,21,22). The smallest absolute Gasteiger partial charge is 0.225 e. The molecule has 0 aliphatic heterocycles. The van der Waals surface area contributed by atoms with Gasteiger partial charge in [0.2, 0.25) is 5.95 Å². The molecule has 0 aliphatic carbocycles. The summed E-state index contributed by atoms with van der Waals surface area (Å²) in [6.07, 6.45) is 0.940. The van der Waals surface area contributed by atoms with Crippen LogP contribution in [0.15, 0.2) is 36.4 Å². The van der Waals surface area contributed by atoms with Gasteiger partial charge in [0.1, 0.15) is 5.82 Å². The molecule has 0 atom stereocenters. The number of hydrogen-bond donors (Lipinski definition) is 2. The minimum atomic E-state index is 0.539. The summed E-state index contributed by atoms with van der Waals surface area (Å²) in [5.74, 6) is 2.03. The Morgan fingerprint density at radius 1 is 1.09 bits per heavy atom. The number of nitrogens with one attached hydrogen (secondary N) is 2. The molecule has 2 N–H and O–H groups in total. The van der Waals surface area contributed by atoms with Crippen LogP contribution in [0.25, 0.3) is 11.3 Å². The van der Waals surface area contributed by atoms with Gasteiger partial charge < -0.3 is 15.4 Å². The first-order valence-corrected chi connectivity index (χ1v) is 8.10. The van der Waals surface area contributed by atoms with Gasteiger partial charge in [-0.15, -0.1) is 0 Å². The summed E-state index contributed by atoms with van der Waals surface area (Å²) in [4.78, 5) is 9.19. The molecule has 0 saturated carbocycles. The summed E-state index contributed by atoms with van der Waals surface area (Å²) in [6, 6.07) is 12.1. The van der Waals surface area contributed by atoms with E-state index in [2.05, 4.69) is 46.6 Å². The van der Waals surface area contributed by atoms with E-state index in [0.29, 0.717) is 11.9 Å². The molecule has 1 heterocycles. The molecule has 0 fully saturated rings. The molecule has 2 aromatic rings. The maximum atomic E-state index is 5.08. The predicted molar refractivity (Wildman–Crippen MR) is 95.8 cm³/mol. The van der Waals surface area contributed by atoms with Crippen LogP contribution in [0.5, 0.6) is 0 Å². The van der Waals surface area contributed by atoms with E-state index in [-0.39, 0.29) is 0 Å². The number of rotatable bonds is 9. The van der Waals surface area contributed by atoms with Crippen LogP contribution in [0.2, 0.25) is 0 Å². The van der Waals surface area contributed by atoms with Crippen molar-refractivity contribution in [1.29, 1.82) is 0 Å². The lowest BCUT2D eigenvalue weighted by Crippen LogP contribution is -2.13. The van der Waals surface area contributed by atoms with Crippen molar-refractivity contribution in [1.82, 2.24) is 9.97 Å². The van der Waals surface area contributed by atoms with Gasteiger partial charge in [-0.1, -0.05) is 44.2 Å². The Labute approximate surface area is 138 Å². The fraction of sp³-hybridized carbons (Fsp3) is 0.444. The van der Waals surface area contributed by atoms with Gasteiger partial charge >= 0.3 is 0 Å². The second kappa shape index (κ2) is 9.10. The second-order valence-corrected chi connectivity index (χ2v) is 5.88. The van der Waals surface area contributed by atoms with E-state index in [9.17, 15) is 0 Å². The first-order chi connectivity index (χ1) is 11.2. The molecule has 23 heavy (non-hydrogen) atoms. The Bertz CT molecular complexity index is 587. The van der Waals surface area contributed by atoms with Gasteiger partial charge in [-0.05, 0) is 12.3 Å². The van der Waals surface area contributed by atoms with Crippen LogP contribution < -0.4 is 10.6 Å². The van der Waals surface area contributed by atoms with Crippen molar-refractivity contribution < 1.29 is 4.74 Å². The second-order valence-electron chi connectivity index (χ2n) is 5.88. The highest BCUT2D eigenvalue weighted by Gasteiger charge is 2.07. The van der Waals surface area contributed by atoms with Crippen LogP contribution in [0.1, 0.15) is 20.3 Å². The van der Waals surface area contributed by atoms with Crippen LogP contribution in [0.3, 0.4) is 0 Å². The third-order valence-corrected chi connectivity index (χ3v) is 3.30. The summed E-state index contributed by atoms with van der Waals surface area (Å²) in [6.45, 7) is 6.74. The summed E-state index contributed by atoms with van der Waals surface area (Å²) in [5.41, 5.74) is 2.00. The Balaban J connectivity index is 2.17. The van der Waals surface area contributed by atoms with Crippen LogP contribution in [-0.4, -0.2) is 36.8 Å². The van der Waals surface area contributed by atoms with E-state index in [1.807, 2.05) is 24.3 Å². The molecule has 0 saturated heterocycles. The van der Waals surface area contributed by atoms with Gasteiger partial charge in [-0.3, -0.25) is 0 Å². The van der Waals surface area contributed by atoms with Gasteiger partial charge in [0.05, 0.1) is 5.69 Å². The molecule has 1 aromatic heterocycles. The van der Waals surface area contributed by atoms with Crippen LogP contribution in [0.4, 0.5) is 11.8 Å². The maximum absolute atomic E-state index is 5.08. The normalized spacial score (nSPS) is 10.8. The lowest BCUT2D eigenvalue weighted by Gasteiger charge is -2.12. The fourth-order valence-corrected chi connectivity index (χ4v) is 2.10. The third-order valence-electron chi connectivity index (χ3n) is 3.30. The summed E-state index contributed by atoms with van der Waals surface area (Å²) in [7, 11) is 1.71. The molecule has 0 radical (unpaired) electrons. The van der Waals surface area contributed by atoms with Crippen molar-refractivity contribution in [2.45, 2.75) is 20.3 Å². The van der Waals surface area contributed by atoms with Crippen molar-refractivity contribution >= 4 is 11.8 Å². The SMILES string of the molecule is COCCCNc1cc(-c2ccccc2)nc(NCC(C)C)n1. The van der Waals surface area contributed by atoms with Crippen LogP contribution >= 0.6 is 0 Å². The van der Waals surface area contributed by atoms with Gasteiger partial charge in [-0.25, -0.2) is 4.98 Å². The van der Waals surface area contributed by atoms with E-state index in [0.717, 1.165) is 43.2 Å². The zero-order valence-corrected chi connectivity index (χ0v) is 14.2. The topological polar surface area (TPSA) is 59.1 Å². The van der Waals surface area contributed by atoms with Gasteiger partial charge in [-0.2, -0.15) is 4.98 Å². The van der Waals surface area contributed by atoms with E-state index < -0.39 is 0 Å². The van der Waals surface area contributed by atoms with Crippen molar-refractivity contribution in [2.75, 3.05) is 37.4 Å². The highest BCUT2D eigenvalue weighted by atomic mass is 16.5. The maximum Gasteiger partial charge on any atom is 0.225 e. The van der Waals surface area contributed by atoms with E-state index >= 15 is 0 Å². The van der Waals surface area contributed by atoms with E-state index in [1.54, 1.807) is 7.11 Å². The van der Waals surface area contributed by atoms with E-state index in [4.69, 9.17) is 4.74 Å². The Hall–Kier alpha value is -2.14. The Morgan fingerprint density at radius 3 is 2.57 bits per heavy atom. The number of anilines is 2. The third kappa shape index (κ3) is 5.87. The molecule has 5 heteroatoms. The molecule has 1 aromatic carbocycles. The zero-order chi connectivity index (χ0) is 16.5. The molecule has 0 aliphatic rings. The van der Waals surface area contributed by atoms with E-state index in [1.165, 1.54) is 0 Å². The van der Waals surface area contributed by atoms with Crippen molar-refractivity contribution in [3.05, 3.63) is 36.4 Å². The molecule has 0 unspecified atom stereocenters. The fourth-order valence-electron chi connectivity index (χ4n) is 2.10. The molecule has 0 bridgehead atoms. The monoisotopic (exact) mass is 314 g/mol. The minimum Gasteiger partial charge on any atom is -0.385 e. The molecule has 0 amide bonds. The molecule has 124 valence electrons. The minimum absolute atomic E-state index is 0.539. The quantitative estimate of drug-likeness (QED) is 0.692. The lowest BCUT2D eigenvalue weighted by atomic mass is 10.1. The van der Waals surface area contributed by atoms with Crippen molar-refractivity contribution in [2.24, 2.45) is 5.92 Å². The number of hydrogen-bond acceptors (Lipinski definition) is 5. The average molecular weight is 314 g/mol. The molecule has 2 rings (SSSR count). The largest absolute Gasteiger partial charge is 0.385 e. The van der Waals surface area contributed by atoms with Gasteiger partial charge in [0.15, 0.2) is 0 Å². The molecule has 0 spiro atoms. The molecular formula is C18H26N4O.